The summed E-state index contributed by atoms with van der Waals surface area (Å²) >= 11 is 0. The Morgan fingerprint density at radius 1 is 0.667 bits per heavy atom. The summed E-state index contributed by atoms with van der Waals surface area (Å²) in [5.41, 5.74) is -0.598. The molecule has 0 fully saturated rings. The molecule has 0 aliphatic carbocycles. The predicted octanol–water partition coefficient (Wildman–Crippen LogP) is 2.10. The molecule has 2 atom stereocenters. The molecule has 0 saturated heterocycles. The van der Waals surface area contributed by atoms with E-state index in [1.54, 1.807) is 74.5 Å². The summed E-state index contributed by atoms with van der Waals surface area (Å²) in [5.74, 6) is 0. The molecule has 0 aliphatic rings. The van der Waals surface area contributed by atoms with Crippen LogP contribution in [-0.2, 0) is 26.2 Å². The molecule has 2 unspecified atom stereocenters. The zero-order valence-corrected chi connectivity index (χ0v) is 18.0. The second-order valence-corrected chi connectivity index (χ2v) is 9.16. The summed E-state index contributed by atoms with van der Waals surface area (Å²) in [6.07, 6.45) is 0.655. The molecular weight excluding hydrogens is 429 g/mol. The molecule has 2 aromatic rings. The Hall–Kier alpha value is -0.741. The van der Waals surface area contributed by atoms with Crippen LogP contribution in [0, 0.1) is 0 Å². The third-order valence-electron chi connectivity index (χ3n) is 3.91. The molecule has 0 spiro atoms. The van der Waals surface area contributed by atoms with E-state index in [2.05, 4.69) is 0 Å². The van der Waals surface area contributed by atoms with Gasteiger partial charge in [0, 0.05) is 11.3 Å². The van der Waals surface area contributed by atoms with E-state index < -0.39 is 26.5 Å². The standard InChI is InChI=1S/2C9H13O3P.Mn/c2*1-2-9(13(10,11)12)8-6-4-3-5-7-8;/h2*3-7,9H,2H2,1H3,(H2,10,11,12);/q;;+4/p-4. The van der Waals surface area contributed by atoms with E-state index in [4.69, 9.17) is 0 Å². The van der Waals surface area contributed by atoms with Crippen molar-refractivity contribution in [3.8, 4) is 0 Å². The maximum absolute atomic E-state index is 10.8. The number of benzene rings is 2. The molecule has 0 heterocycles. The van der Waals surface area contributed by atoms with Crippen molar-refractivity contribution >= 4 is 15.2 Å². The summed E-state index contributed by atoms with van der Waals surface area (Å²) < 4.78 is 21.7. The molecule has 2 aromatic carbocycles. The molecule has 6 nitrogen and oxygen atoms in total. The first-order chi connectivity index (χ1) is 12.1. The fraction of sp³-hybridized carbons (Fsp3) is 0.333. The van der Waals surface area contributed by atoms with Gasteiger partial charge in [-0.25, -0.2) is 0 Å². The van der Waals surface area contributed by atoms with Crippen LogP contribution in [0.3, 0.4) is 0 Å². The average Bonchev–Trinajstić information content (AvgIpc) is 2.56. The van der Waals surface area contributed by atoms with Crippen LogP contribution in [-0.4, -0.2) is 0 Å². The smallest absolute Gasteiger partial charge is 0.810 e. The first kappa shape index (κ1) is 26.3. The topological polar surface area (TPSA) is 126 Å². The maximum atomic E-state index is 10.8. The molecule has 0 N–H and O–H groups in total. The van der Waals surface area contributed by atoms with Crippen molar-refractivity contribution < 1.29 is 45.8 Å². The first-order valence-corrected chi connectivity index (χ1v) is 11.5. The fourth-order valence-electron chi connectivity index (χ4n) is 2.63. The fourth-order valence-corrected chi connectivity index (χ4v) is 4.60. The summed E-state index contributed by atoms with van der Waals surface area (Å²) in [4.78, 5) is 43.3. The third kappa shape index (κ3) is 8.87. The van der Waals surface area contributed by atoms with Crippen LogP contribution < -0.4 is 19.6 Å². The molecule has 0 aliphatic heterocycles. The van der Waals surface area contributed by atoms with E-state index >= 15 is 0 Å². The molecule has 27 heavy (non-hydrogen) atoms. The van der Waals surface area contributed by atoms with Gasteiger partial charge in [0.25, 0.3) is 0 Å². The van der Waals surface area contributed by atoms with Gasteiger partial charge in [-0.05, 0) is 24.0 Å². The van der Waals surface area contributed by atoms with E-state index in [9.17, 15) is 28.7 Å². The average molecular weight is 451 g/mol. The van der Waals surface area contributed by atoms with Crippen molar-refractivity contribution in [1.29, 1.82) is 0 Å². The SMILES string of the molecule is CCC(c1ccccc1)P(=O)([O-])[O-].CCC(c1ccccc1)P(=O)([O-])[O-].[Mn+4]. The Morgan fingerprint density at radius 3 is 1.11 bits per heavy atom. The minimum absolute atomic E-state index is 0. The van der Waals surface area contributed by atoms with Crippen LogP contribution in [0.1, 0.15) is 49.1 Å². The van der Waals surface area contributed by atoms with Crippen molar-refractivity contribution in [2.75, 3.05) is 0 Å². The van der Waals surface area contributed by atoms with Gasteiger partial charge >= 0.3 is 17.1 Å². The largest absolute Gasteiger partial charge is 4.00 e. The Bertz CT molecular complexity index is 679. The van der Waals surface area contributed by atoms with Gasteiger partial charge in [0.05, 0.1) is 0 Å². The van der Waals surface area contributed by atoms with Gasteiger partial charge < -0.3 is 28.7 Å². The van der Waals surface area contributed by atoms with Crippen molar-refractivity contribution in [2.45, 2.75) is 38.0 Å². The summed E-state index contributed by atoms with van der Waals surface area (Å²) in [7, 11) is -9.00. The van der Waals surface area contributed by atoms with Crippen molar-refractivity contribution in [2.24, 2.45) is 0 Å². The molecule has 0 saturated carbocycles. The summed E-state index contributed by atoms with van der Waals surface area (Å²) in [6.45, 7) is 3.39. The van der Waals surface area contributed by atoms with Crippen molar-refractivity contribution in [3.05, 3.63) is 71.8 Å². The molecule has 1 radical (unpaired) electrons. The minimum Gasteiger partial charge on any atom is -0.810 e. The normalized spacial score (nSPS) is 13.6. The van der Waals surface area contributed by atoms with Gasteiger partial charge in [-0.1, -0.05) is 89.7 Å². The monoisotopic (exact) mass is 451 g/mol. The van der Waals surface area contributed by atoms with Gasteiger partial charge in [-0.3, -0.25) is 0 Å². The quantitative estimate of drug-likeness (QED) is 0.489. The number of rotatable bonds is 6. The van der Waals surface area contributed by atoms with Gasteiger partial charge in [0.2, 0.25) is 0 Å². The van der Waals surface area contributed by atoms with E-state index in [1.807, 2.05) is 0 Å². The van der Waals surface area contributed by atoms with E-state index in [0.29, 0.717) is 24.0 Å². The molecule has 0 amide bonds. The number of hydrogen-bond donors (Lipinski definition) is 0. The van der Waals surface area contributed by atoms with Crippen LogP contribution in [0.4, 0.5) is 0 Å². The van der Waals surface area contributed by atoms with Crippen LogP contribution in [0.15, 0.2) is 60.7 Å². The molecule has 9 heteroatoms. The second-order valence-electron chi connectivity index (χ2n) is 5.75. The Kier molecular flexibility index (Phi) is 11.6. The predicted molar refractivity (Wildman–Crippen MR) is 94.2 cm³/mol. The van der Waals surface area contributed by atoms with E-state index in [0.717, 1.165) is 0 Å². The first-order valence-electron chi connectivity index (χ1n) is 8.24. The van der Waals surface area contributed by atoms with Gasteiger partial charge in [-0.2, -0.15) is 0 Å². The summed E-state index contributed by atoms with van der Waals surface area (Å²) in [6, 6.07) is 17.1. The Labute approximate surface area is 170 Å². The number of hydrogen-bond acceptors (Lipinski definition) is 6. The van der Waals surface area contributed by atoms with Crippen LogP contribution in [0.2, 0.25) is 0 Å². The molecule has 2 rings (SSSR count). The van der Waals surface area contributed by atoms with Gasteiger partial charge in [0.1, 0.15) is 0 Å². The maximum Gasteiger partial charge on any atom is 4.00 e. The summed E-state index contributed by atoms with van der Waals surface area (Å²) in [5, 5.41) is 0. The molecule has 147 valence electrons. The van der Waals surface area contributed by atoms with Crippen LogP contribution >= 0.6 is 15.2 Å². The molecular formula is C18H22MnO6P2. The second kappa shape index (κ2) is 12.0. The van der Waals surface area contributed by atoms with Crippen molar-refractivity contribution in [3.63, 3.8) is 0 Å². The zero-order chi connectivity index (χ0) is 19.8. The van der Waals surface area contributed by atoms with Crippen LogP contribution in [0.25, 0.3) is 0 Å². The molecule has 0 bridgehead atoms. The minimum atomic E-state index is -4.50. The Balaban J connectivity index is 0.000000483. The van der Waals surface area contributed by atoms with E-state index in [1.165, 1.54) is 0 Å². The van der Waals surface area contributed by atoms with Gasteiger partial charge in [-0.15, -0.1) is 0 Å². The van der Waals surface area contributed by atoms with Crippen molar-refractivity contribution in [1.82, 2.24) is 0 Å². The molecule has 0 aromatic heterocycles. The van der Waals surface area contributed by atoms with Crippen LogP contribution in [0.5, 0.6) is 0 Å². The zero-order valence-electron chi connectivity index (χ0n) is 15.1. The Morgan fingerprint density at radius 2 is 0.926 bits per heavy atom. The van der Waals surface area contributed by atoms with E-state index in [-0.39, 0.29) is 17.1 Å². The van der Waals surface area contributed by atoms with Gasteiger partial charge in [0.15, 0.2) is 0 Å². The third-order valence-corrected chi connectivity index (χ3v) is 6.76.